The van der Waals surface area contributed by atoms with Crippen LogP contribution in [0.15, 0.2) is 96.5 Å². The molecule has 76 heavy (non-hydrogen) atoms. The van der Waals surface area contributed by atoms with Gasteiger partial charge in [0.2, 0.25) is 53.2 Å². The number of nitrogens with zero attached hydrogens (tertiary/aromatic N) is 4. The molecule has 0 spiro atoms. The number of terminal acetylenes is 1. The van der Waals surface area contributed by atoms with E-state index in [0.717, 1.165) is 0 Å². The van der Waals surface area contributed by atoms with E-state index in [-0.39, 0.29) is 56.4 Å². The van der Waals surface area contributed by atoms with E-state index in [2.05, 4.69) is 63.1 Å². The van der Waals surface area contributed by atoms with E-state index >= 15 is 0 Å². The Kier molecular flexibility index (Phi) is 24.1. The first-order valence-corrected chi connectivity index (χ1v) is 25.0. The van der Waals surface area contributed by atoms with Crippen molar-refractivity contribution in [3.05, 3.63) is 124 Å². The van der Waals surface area contributed by atoms with Gasteiger partial charge in [0.1, 0.15) is 60.3 Å². The Hall–Kier alpha value is -9.08. The van der Waals surface area contributed by atoms with Crippen molar-refractivity contribution < 1.29 is 53.4 Å². The highest BCUT2D eigenvalue weighted by Crippen LogP contribution is 2.16. The molecule has 402 valence electrons. The minimum atomic E-state index is -1.51. The second-order valence-corrected chi connectivity index (χ2v) is 18.2. The van der Waals surface area contributed by atoms with Gasteiger partial charge in [0.25, 0.3) is 0 Å². The Morgan fingerprint density at radius 2 is 1.08 bits per heavy atom. The van der Waals surface area contributed by atoms with E-state index in [0.29, 0.717) is 28.1 Å². The summed E-state index contributed by atoms with van der Waals surface area (Å²) < 4.78 is 0. The van der Waals surface area contributed by atoms with Crippen LogP contribution in [0.5, 0.6) is 11.5 Å². The highest BCUT2D eigenvalue weighted by Gasteiger charge is 2.35. The number of hydrogen-bond donors (Lipinski definition) is 12. The maximum atomic E-state index is 14.7. The number of H-pyrrole nitrogens is 1. The highest BCUT2D eigenvalue weighted by molar-refractivity contribution is 7.98. The number of hydrogen-bond acceptors (Lipinski definition) is 14. The molecule has 1 heterocycles. The lowest BCUT2D eigenvalue weighted by molar-refractivity contribution is -0.135. The first kappa shape index (κ1) is 59.5. The van der Waals surface area contributed by atoms with Crippen LogP contribution in [0.25, 0.3) is 10.4 Å². The number of rotatable bonds is 31. The number of benzene rings is 3. The third kappa shape index (κ3) is 20.4. The van der Waals surface area contributed by atoms with Crippen LogP contribution in [-0.4, -0.2) is 134 Å². The standard InChI is InChI=1S/C50H60N14O11S/c1-3-7-35(44(52)69)58-47(72)39(23-30-10-14-33(65)15-11-30)62-49(74)40(24-31-12-16-34(66)17-13-31)63-48(73)38(22-29-8-5-4-6-9-29)61-46(71)37(20-21-76-2)60-45(70)36(18-19-42(51)67)59-50(75)41(25-32-26-54-28-55-32)57-43(68)27-56-64-53/h1,4-6,8-17,26,28,35-41,65-66H,7,18-25,27H2,2H3,(H2,51,67)(H2,52,69)(H,54,55)(H,57,68)(H,58,72)(H,59,75)(H,60,70)(H,61,71)(H,62,74)(H,63,73)/t35-,36+,37+,38+,39+,40+,41+/m1/s1. The van der Waals surface area contributed by atoms with Gasteiger partial charge >= 0.3 is 0 Å². The van der Waals surface area contributed by atoms with Crippen LogP contribution < -0.4 is 48.7 Å². The fourth-order valence-corrected chi connectivity index (χ4v) is 7.88. The van der Waals surface area contributed by atoms with Crippen LogP contribution >= 0.6 is 11.8 Å². The van der Waals surface area contributed by atoms with Gasteiger partial charge in [-0.25, -0.2) is 4.98 Å². The SMILES string of the molecule is C#CC[C@@H](NC(=O)[C@H](Cc1ccc(O)cc1)NC(=O)[C@H](Cc1ccc(O)cc1)NC(=O)[C@H](Cc1ccccc1)NC(=O)[C@H](CCSC)NC(=O)[C@H](CCC(N)=O)NC(=O)[C@H](Cc1cnc[nH]1)NC(=O)CN=[N+]=[N-])C(N)=O. The van der Waals surface area contributed by atoms with Crippen molar-refractivity contribution in [1.82, 2.24) is 47.2 Å². The number of carbonyl (C=O) groups is 9. The summed E-state index contributed by atoms with van der Waals surface area (Å²) in [6.07, 6.45) is 8.18. The van der Waals surface area contributed by atoms with Gasteiger partial charge in [0.05, 0.1) is 6.33 Å². The Morgan fingerprint density at radius 3 is 1.50 bits per heavy atom. The largest absolute Gasteiger partial charge is 0.508 e. The van der Waals surface area contributed by atoms with Crippen LogP contribution in [0, 0.1) is 12.3 Å². The molecule has 9 amide bonds. The van der Waals surface area contributed by atoms with Crippen molar-refractivity contribution in [2.45, 2.75) is 93.7 Å². The minimum absolute atomic E-state index is 0.0128. The van der Waals surface area contributed by atoms with E-state index in [1.165, 1.54) is 72.8 Å². The van der Waals surface area contributed by atoms with Gasteiger partial charge in [0, 0.05) is 55.3 Å². The van der Waals surface area contributed by atoms with Crippen LogP contribution in [0.1, 0.15) is 48.1 Å². The van der Waals surface area contributed by atoms with Crippen LogP contribution in [0.3, 0.4) is 0 Å². The number of nitrogens with two attached hydrogens (primary N) is 2. The van der Waals surface area contributed by atoms with E-state index in [9.17, 15) is 53.4 Å². The molecular weight excluding hydrogens is 1000 g/mol. The topological polar surface area (TPSA) is 408 Å². The number of azide groups is 1. The van der Waals surface area contributed by atoms with Gasteiger partial charge < -0.3 is 63.9 Å². The highest BCUT2D eigenvalue weighted by atomic mass is 32.2. The lowest BCUT2D eigenvalue weighted by Crippen LogP contribution is -2.61. The quantitative estimate of drug-likeness (QED) is 0.0129. The first-order valence-electron chi connectivity index (χ1n) is 23.6. The molecule has 0 saturated heterocycles. The predicted molar refractivity (Wildman–Crippen MR) is 278 cm³/mol. The molecule has 26 heteroatoms. The molecule has 0 radical (unpaired) electrons. The molecule has 3 aromatic carbocycles. The molecule has 4 rings (SSSR count). The van der Waals surface area contributed by atoms with Crippen molar-refractivity contribution in [2.75, 3.05) is 18.6 Å². The first-order chi connectivity index (χ1) is 36.4. The van der Waals surface area contributed by atoms with Crippen molar-refractivity contribution in [3.63, 3.8) is 0 Å². The Labute approximate surface area is 440 Å². The Morgan fingerprint density at radius 1 is 0.645 bits per heavy atom. The van der Waals surface area contributed by atoms with E-state index < -0.39 is 108 Å². The third-order valence-electron chi connectivity index (χ3n) is 11.4. The molecule has 7 atom stereocenters. The number of thioether (sulfide) groups is 1. The van der Waals surface area contributed by atoms with Gasteiger partial charge in [-0.3, -0.25) is 43.2 Å². The summed E-state index contributed by atoms with van der Waals surface area (Å²) in [4.78, 5) is 131. The second-order valence-electron chi connectivity index (χ2n) is 17.2. The maximum absolute atomic E-state index is 14.7. The van der Waals surface area contributed by atoms with Crippen molar-refractivity contribution in [2.24, 2.45) is 16.6 Å². The molecule has 0 unspecified atom stereocenters. The molecule has 0 aliphatic heterocycles. The molecule has 0 saturated carbocycles. The van der Waals surface area contributed by atoms with Gasteiger partial charge in [-0.1, -0.05) is 59.7 Å². The lowest BCUT2D eigenvalue weighted by atomic mass is 10.0. The summed E-state index contributed by atoms with van der Waals surface area (Å²) in [5, 5.41) is 41.3. The molecule has 0 aliphatic carbocycles. The number of carbonyl (C=O) groups excluding carboxylic acids is 9. The molecule has 0 fully saturated rings. The van der Waals surface area contributed by atoms with Crippen LogP contribution in [0.4, 0.5) is 0 Å². The van der Waals surface area contributed by atoms with Gasteiger partial charge in [-0.05, 0) is 71.3 Å². The van der Waals surface area contributed by atoms with Crippen molar-refractivity contribution in [3.8, 4) is 23.8 Å². The lowest BCUT2D eigenvalue weighted by Gasteiger charge is -2.28. The zero-order valence-electron chi connectivity index (χ0n) is 41.3. The fourth-order valence-electron chi connectivity index (χ4n) is 7.41. The summed E-state index contributed by atoms with van der Waals surface area (Å²) in [6.45, 7) is -0.647. The smallest absolute Gasteiger partial charge is 0.243 e. The summed E-state index contributed by atoms with van der Waals surface area (Å²) in [5.74, 6) is -5.50. The fraction of sp³-hybridized carbons (Fsp3) is 0.360. The monoisotopic (exact) mass is 1060 g/mol. The average Bonchev–Trinajstić information content (AvgIpc) is 3.91. The van der Waals surface area contributed by atoms with Crippen molar-refractivity contribution in [1.29, 1.82) is 0 Å². The number of aromatic hydroxyl groups is 2. The normalized spacial score (nSPS) is 13.4. The average molecular weight is 1070 g/mol. The minimum Gasteiger partial charge on any atom is -0.508 e. The zero-order chi connectivity index (χ0) is 55.6. The molecule has 14 N–H and O–H groups in total. The number of phenols is 2. The third-order valence-corrected chi connectivity index (χ3v) is 12.0. The number of aromatic nitrogens is 2. The summed E-state index contributed by atoms with van der Waals surface area (Å²) in [7, 11) is 0. The number of imidazole rings is 1. The molecule has 1 aromatic heterocycles. The molecule has 25 nitrogen and oxygen atoms in total. The second kappa shape index (κ2) is 30.8. The Bertz CT molecular complexity index is 2720. The number of amides is 9. The number of phenolic OH excluding ortho intramolecular Hbond substituents is 2. The zero-order valence-corrected chi connectivity index (χ0v) is 42.1. The van der Waals surface area contributed by atoms with Crippen LogP contribution in [-0.2, 0) is 68.8 Å². The van der Waals surface area contributed by atoms with Gasteiger partial charge in [-0.2, -0.15) is 11.8 Å². The summed E-state index contributed by atoms with van der Waals surface area (Å²) in [6, 6.07) is 10.1. The van der Waals surface area contributed by atoms with E-state index in [4.69, 9.17) is 23.4 Å². The number of aromatic amines is 1. The van der Waals surface area contributed by atoms with Gasteiger partial charge in [-0.15, -0.1) is 12.3 Å². The van der Waals surface area contributed by atoms with Crippen LogP contribution in [0.2, 0.25) is 0 Å². The number of nitrogens with one attached hydrogen (secondary N) is 8. The molecular formula is C50H60N14O11S. The summed E-state index contributed by atoms with van der Waals surface area (Å²) >= 11 is 1.33. The molecule has 0 aliphatic rings. The van der Waals surface area contributed by atoms with Gasteiger partial charge in [0.15, 0.2) is 0 Å². The predicted octanol–water partition coefficient (Wildman–Crippen LogP) is -0.677. The Balaban J connectivity index is 1.66. The number of primary amides is 2. The summed E-state index contributed by atoms with van der Waals surface area (Å²) in [5.41, 5.74) is 21.5. The van der Waals surface area contributed by atoms with Crippen molar-refractivity contribution >= 4 is 64.9 Å². The van der Waals surface area contributed by atoms with E-state index in [1.54, 1.807) is 36.6 Å². The molecule has 4 aromatic rings. The van der Waals surface area contributed by atoms with E-state index in [1.807, 2.05) is 0 Å². The molecule has 0 bridgehead atoms. The maximum Gasteiger partial charge on any atom is 0.243 e.